The summed E-state index contributed by atoms with van der Waals surface area (Å²) in [5.74, 6) is 0. The van der Waals surface area contributed by atoms with E-state index in [9.17, 15) is 10.1 Å². The van der Waals surface area contributed by atoms with Gasteiger partial charge in [-0.1, -0.05) is 47.6 Å². The molecule has 0 atom stereocenters. The Morgan fingerprint density at radius 2 is 1.72 bits per heavy atom. The minimum atomic E-state index is -0.483. The lowest BCUT2D eigenvalue weighted by Gasteiger charge is -2.04. The molecule has 2 aromatic rings. The summed E-state index contributed by atoms with van der Waals surface area (Å²) in [6.07, 6.45) is 0. The number of hydrogen-bond acceptors (Lipinski definition) is 4. The predicted molar refractivity (Wildman–Crippen MR) is 67.0 cm³/mol. The molecule has 5 heteroatoms. The second-order valence-electron chi connectivity index (χ2n) is 3.62. The summed E-state index contributed by atoms with van der Waals surface area (Å²) in [5, 5.41) is 23.0. The lowest BCUT2D eigenvalue weighted by atomic mass is 10.0. The topological polar surface area (TPSA) is 75.7 Å². The highest BCUT2D eigenvalue weighted by atomic mass is 16.6. The Labute approximate surface area is 103 Å². The van der Waals surface area contributed by atoms with Gasteiger partial charge >= 0.3 is 0 Å². The van der Waals surface area contributed by atoms with Gasteiger partial charge in [0.15, 0.2) is 0 Å². The van der Waals surface area contributed by atoms with Crippen LogP contribution in [0.4, 0.5) is 5.69 Å². The van der Waals surface area contributed by atoms with E-state index in [1.54, 1.807) is 36.4 Å². The molecule has 0 aliphatic carbocycles. The fourth-order valence-corrected chi connectivity index (χ4v) is 1.64. The van der Waals surface area contributed by atoms with Crippen LogP contribution in [0.15, 0.2) is 59.8 Å². The van der Waals surface area contributed by atoms with Crippen LogP contribution >= 0.6 is 0 Å². The van der Waals surface area contributed by atoms with Crippen LogP contribution < -0.4 is 0 Å². The van der Waals surface area contributed by atoms with Crippen LogP contribution in [0.1, 0.15) is 11.1 Å². The number of non-ortho nitro benzene ring substituents is 1. The van der Waals surface area contributed by atoms with Crippen molar-refractivity contribution in [3.05, 3.63) is 75.8 Å². The third-order valence-electron chi connectivity index (χ3n) is 2.48. The Hall–Kier alpha value is -2.69. The van der Waals surface area contributed by atoms with Crippen molar-refractivity contribution >= 4 is 11.4 Å². The van der Waals surface area contributed by atoms with Crippen molar-refractivity contribution in [1.82, 2.24) is 0 Å². The van der Waals surface area contributed by atoms with Gasteiger partial charge < -0.3 is 5.21 Å². The van der Waals surface area contributed by atoms with E-state index in [4.69, 9.17) is 5.21 Å². The highest BCUT2D eigenvalue weighted by Gasteiger charge is 2.11. The number of hydrogen-bond donors (Lipinski definition) is 1. The highest BCUT2D eigenvalue weighted by molar-refractivity contribution is 6.12. The van der Waals surface area contributed by atoms with E-state index in [-0.39, 0.29) is 5.69 Å². The molecule has 90 valence electrons. The Bertz CT molecular complexity index is 594. The van der Waals surface area contributed by atoms with Gasteiger partial charge in [-0.25, -0.2) is 0 Å². The van der Waals surface area contributed by atoms with Gasteiger partial charge in [0.2, 0.25) is 0 Å². The largest absolute Gasteiger partial charge is 0.410 e. The average Bonchev–Trinajstić information content (AvgIpc) is 2.41. The van der Waals surface area contributed by atoms with Gasteiger partial charge in [-0.3, -0.25) is 10.1 Å². The van der Waals surface area contributed by atoms with Gasteiger partial charge in [-0.05, 0) is 0 Å². The number of oxime groups is 1. The maximum absolute atomic E-state index is 10.7. The molecular weight excluding hydrogens is 232 g/mol. The van der Waals surface area contributed by atoms with Crippen LogP contribution in [0, 0.1) is 10.1 Å². The minimum Gasteiger partial charge on any atom is -0.410 e. The first kappa shape index (κ1) is 11.8. The van der Waals surface area contributed by atoms with Crippen molar-refractivity contribution in [2.75, 3.05) is 0 Å². The maximum atomic E-state index is 10.7. The van der Waals surface area contributed by atoms with Gasteiger partial charge in [0, 0.05) is 23.3 Å². The Balaban J connectivity index is 2.47. The molecule has 0 heterocycles. The minimum absolute atomic E-state index is 0.0374. The van der Waals surface area contributed by atoms with Crippen LogP contribution in [0.3, 0.4) is 0 Å². The SMILES string of the molecule is O=[N+]([O-])c1cccc(C(=NO)c2ccccc2)c1. The maximum Gasteiger partial charge on any atom is 0.270 e. The summed E-state index contributed by atoms with van der Waals surface area (Å²) in [4.78, 5) is 10.2. The van der Waals surface area contributed by atoms with E-state index in [1.807, 2.05) is 6.07 Å². The Kier molecular flexibility index (Phi) is 3.33. The predicted octanol–water partition coefficient (Wildman–Crippen LogP) is 2.82. The molecule has 0 spiro atoms. The van der Waals surface area contributed by atoms with Crippen LogP contribution in [0.2, 0.25) is 0 Å². The number of rotatable bonds is 3. The van der Waals surface area contributed by atoms with Gasteiger partial charge in [-0.15, -0.1) is 0 Å². The third kappa shape index (κ3) is 2.35. The first-order chi connectivity index (χ1) is 8.72. The molecule has 0 aliphatic rings. The normalized spacial score (nSPS) is 11.2. The lowest BCUT2D eigenvalue weighted by molar-refractivity contribution is -0.384. The molecule has 0 saturated heterocycles. The summed E-state index contributed by atoms with van der Waals surface area (Å²) >= 11 is 0. The van der Waals surface area contributed by atoms with Crippen molar-refractivity contribution in [2.24, 2.45) is 5.16 Å². The van der Waals surface area contributed by atoms with Crippen molar-refractivity contribution in [3.8, 4) is 0 Å². The van der Waals surface area contributed by atoms with Crippen molar-refractivity contribution in [2.45, 2.75) is 0 Å². The molecule has 2 rings (SSSR count). The Morgan fingerprint density at radius 1 is 1.06 bits per heavy atom. The zero-order chi connectivity index (χ0) is 13.0. The Morgan fingerprint density at radius 3 is 2.33 bits per heavy atom. The fraction of sp³-hybridized carbons (Fsp3) is 0. The van der Waals surface area contributed by atoms with E-state index in [2.05, 4.69) is 5.16 Å². The number of nitro benzene ring substituents is 1. The molecule has 2 aromatic carbocycles. The second-order valence-corrected chi connectivity index (χ2v) is 3.62. The first-order valence-electron chi connectivity index (χ1n) is 5.24. The second kappa shape index (κ2) is 5.09. The summed E-state index contributed by atoms with van der Waals surface area (Å²) < 4.78 is 0. The number of benzene rings is 2. The van der Waals surface area contributed by atoms with E-state index in [0.717, 1.165) is 0 Å². The van der Waals surface area contributed by atoms with Crippen LogP contribution in [0.5, 0.6) is 0 Å². The molecule has 18 heavy (non-hydrogen) atoms. The zero-order valence-electron chi connectivity index (χ0n) is 9.35. The molecule has 0 radical (unpaired) electrons. The van der Waals surface area contributed by atoms with E-state index in [0.29, 0.717) is 16.8 Å². The van der Waals surface area contributed by atoms with Gasteiger partial charge in [0.1, 0.15) is 5.71 Å². The van der Waals surface area contributed by atoms with Gasteiger partial charge in [-0.2, -0.15) is 0 Å². The third-order valence-corrected chi connectivity index (χ3v) is 2.48. The zero-order valence-corrected chi connectivity index (χ0v) is 9.35. The lowest BCUT2D eigenvalue weighted by Crippen LogP contribution is -2.03. The van der Waals surface area contributed by atoms with Gasteiger partial charge in [0.25, 0.3) is 5.69 Å². The van der Waals surface area contributed by atoms with Crippen molar-refractivity contribution in [1.29, 1.82) is 0 Å². The molecule has 0 unspecified atom stereocenters. The molecule has 0 saturated carbocycles. The molecule has 1 N–H and O–H groups in total. The molecule has 0 amide bonds. The standard InChI is InChI=1S/C13H10N2O3/c16-14-13(10-5-2-1-3-6-10)11-7-4-8-12(9-11)15(17)18/h1-9,16H. The van der Waals surface area contributed by atoms with Crippen molar-refractivity contribution in [3.63, 3.8) is 0 Å². The first-order valence-corrected chi connectivity index (χ1v) is 5.24. The summed E-state index contributed by atoms with van der Waals surface area (Å²) in [6, 6.07) is 15.0. The van der Waals surface area contributed by atoms with E-state index < -0.39 is 4.92 Å². The molecular formula is C13H10N2O3. The summed E-state index contributed by atoms with van der Waals surface area (Å²) in [5.41, 5.74) is 1.46. The smallest absolute Gasteiger partial charge is 0.270 e. The average molecular weight is 242 g/mol. The molecule has 0 bridgehead atoms. The monoisotopic (exact) mass is 242 g/mol. The van der Waals surface area contributed by atoms with Gasteiger partial charge in [0.05, 0.1) is 4.92 Å². The molecule has 0 aromatic heterocycles. The molecule has 0 aliphatic heterocycles. The number of nitro groups is 1. The fourth-order valence-electron chi connectivity index (χ4n) is 1.64. The summed E-state index contributed by atoms with van der Waals surface area (Å²) in [7, 11) is 0. The van der Waals surface area contributed by atoms with Crippen molar-refractivity contribution < 1.29 is 10.1 Å². The van der Waals surface area contributed by atoms with Crippen LogP contribution in [-0.2, 0) is 0 Å². The summed E-state index contributed by atoms with van der Waals surface area (Å²) in [6.45, 7) is 0. The highest BCUT2D eigenvalue weighted by Crippen LogP contribution is 2.17. The quantitative estimate of drug-likeness (QED) is 0.389. The number of nitrogens with zero attached hydrogens (tertiary/aromatic N) is 2. The molecule has 0 fully saturated rings. The van der Waals surface area contributed by atoms with Crippen LogP contribution in [-0.4, -0.2) is 15.8 Å². The van der Waals surface area contributed by atoms with E-state index >= 15 is 0 Å². The van der Waals surface area contributed by atoms with Crippen LogP contribution in [0.25, 0.3) is 0 Å². The van der Waals surface area contributed by atoms with E-state index in [1.165, 1.54) is 12.1 Å². The molecule has 5 nitrogen and oxygen atoms in total.